The Labute approximate surface area is 78.5 Å². The van der Waals surface area contributed by atoms with Crippen molar-refractivity contribution in [1.82, 2.24) is 0 Å². The predicted molar refractivity (Wildman–Crippen MR) is 49.4 cm³/mol. The third-order valence-corrected chi connectivity index (χ3v) is 1.94. The maximum absolute atomic E-state index is 5.67. The summed E-state index contributed by atoms with van der Waals surface area (Å²) >= 11 is 5.67. The molecule has 0 unspecified atom stereocenters. The fraction of sp³-hybridized carbons (Fsp3) is 0.778. The first-order chi connectivity index (χ1) is 5.72. The first-order valence-electron chi connectivity index (χ1n) is 4.26. The molecule has 1 rings (SSSR count). The van der Waals surface area contributed by atoms with E-state index in [4.69, 9.17) is 21.1 Å². The van der Waals surface area contributed by atoms with Crippen LogP contribution in [-0.2, 0) is 9.47 Å². The Morgan fingerprint density at radius 3 is 3.00 bits per heavy atom. The molecule has 2 nitrogen and oxygen atoms in total. The molecule has 3 heteroatoms. The van der Waals surface area contributed by atoms with Crippen molar-refractivity contribution in [1.29, 1.82) is 0 Å². The highest BCUT2D eigenvalue weighted by Gasteiger charge is 2.18. The van der Waals surface area contributed by atoms with E-state index < -0.39 is 0 Å². The van der Waals surface area contributed by atoms with Gasteiger partial charge in [0.25, 0.3) is 0 Å². The SMILES string of the molecule is CC(C)O[C@H]1C=CC[C@@H](CCl)O1. The number of alkyl halides is 1. The molecule has 0 radical (unpaired) electrons. The van der Waals surface area contributed by atoms with Crippen LogP contribution >= 0.6 is 11.6 Å². The van der Waals surface area contributed by atoms with Gasteiger partial charge < -0.3 is 9.47 Å². The van der Waals surface area contributed by atoms with E-state index in [1.54, 1.807) is 0 Å². The Hall–Kier alpha value is -0.0500. The third kappa shape index (κ3) is 3.13. The first-order valence-corrected chi connectivity index (χ1v) is 4.79. The molecule has 0 aromatic rings. The number of halogens is 1. The summed E-state index contributed by atoms with van der Waals surface area (Å²) in [6.45, 7) is 3.98. The van der Waals surface area contributed by atoms with Crippen molar-refractivity contribution in [3.05, 3.63) is 12.2 Å². The van der Waals surface area contributed by atoms with Crippen molar-refractivity contribution in [2.45, 2.75) is 38.8 Å². The molecular formula is C9H15ClO2. The Morgan fingerprint density at radius 2 is 2.42 bits per heavy atom. The van der Waals surface area contributed by atoms with Gasteiger partial charge in [-0.25, -0.2) is 0 Å². The van der Waals surface area contributed by atoms with Gasteiger partial charge in [0, 0.05) is 5.88 Å². The molecule has 12 heavy (non-hydrogen) atoms. The first kappa shape index (κ1) is 10.0. The molecule has 0 bridgehead atoms. The van der Waals surface area contributed by atoms with Crippen molar-refractivity contribution in [2.24, 2.45) is 0 Å². The van der Waals surface area contributed by atoms with Gasteiger partial charge in [-0.1, -0.05) is 6.08 Å². The van der Waals surface area contributed by atoms with Crippen LogP contribution in [0.2, 0.25) is 0 Å². The van der Waals surface area contributed by atoms with Gasteiger partial charge in [-0.05, 0) is 26.3 Å². The van der Waals surface area contributed by atoms with E-state index in [9.17, 15) is 0 Å². The van der Waals surface area contributed by atoms with E-state index in [0.29, 0.717) is 5.88 Å². The minimum absolute atomic E-state index is 0.111. The second-order valence-electron chi connectivity index (χ2n) is 3.13. The Bertz CT molecular complexity index is 157. The molecule has 0 aromatic heterocycles. The molecule has 0 aromatic carbocycles. The summed E-state index contributed by atoms with van der Waals surface area (Å²) in [6.07, 6.45) is 4.98. The lowest BCUT2D eigenvalue weighted by atomic mass is 10.2. The Kier molecular flexibility index (Phi) is 4.06. The smallest absolute Gasteiger partial charge is 0.177 e. The van der Waals surface area contributed by atoms with Gasteiger partial charge in [0.15, 0.2) is 6.29 Å². The number of hydrogen-bond acceptors (Lipinski definition) is 2. The Morgan fingerprint density at radius 1 is 1.67 bits per heavy atom. The topological polar surface area (TPSA) is 18.5 Å². The molecule has 0 aliphatic carbocycles. The predicted octanol–water partition coefficient (Wildman–Crippen LogP) is 2.32. The second kappa shape index (κ2) is 4.85. The molecule has 2 atom stereocenters. The normalized spacial score (nSPS) is 29.7. The summed E-state index contributed by atoms with van der Waals surface area (Å²) in [4.78, 5) is 0. The van der Waals surface area contributed by atoms with E-state index in [2.05, 4.69) is 6.08 Å². The van der Waals surface area contributed by atoms with Crippen LogP contribution in [0.25, 0.3) is 0 Å². The summed E-state index contributed by atoms with van der Waals surface area (Å²) in [5.74, 6) is 0.530. The summed E-state index contributed by atoms with van der Waals surface area (Å²) in [5, 5.41) is 0. The largest absolute Gasteiger partial charge is 0.346 e. The minimum Gasteiger partial charge on any atom is -0.346 e. The molecular weight excluding hydrogens is 176 g/mol. The van der Waals surface area contributed by atoms with Crippen molar-refractivity contribution in [3.63, 3.8) is 0 Å². The lowest BCUT2D eigenvalue weighted by molar-refractivity contribution is -0.160. The fourth-order valence-electron chi connectivity index (χ4n) is 1.08. The van der Waals surface area contributed by atoms with Crippen LogP contribution in [0.4, 0.5) is 0 Å². The molecule has 70 valence electrons. The molecule has 0 fully saturated rings. The van der Waals surface area contributed by atoms with E-state index in [0.717, 1.165) is 6.42 Å². The summed E-state index contributed by atoms with van der Waals surface area (Å²) < 4.78 is 11.0. The number of rotatable bonds is 3. The monoisotopic (exact) mass is 190 g/mol. The summed E-state index contributed by atoms with van der Waals surface area (Å²) in [6, 6.07) is 0. The maximum Gasteiger partial charge on any atom is 0.177 e. The molecule has 0 N–H and O–H groups in total. The quantitative estimate of drug-likeness (QED) is 0.503. The molecule has 1 aliphatic rings. The van der Waals surface area contributed by atoms with E-state index in [1.165, 1.54) is 0 Å². The van der Waals surface area contributed by atoms with Gasteiger partial charge in [0.1, 0.15) is 0 Å². The zero-order valence-corrected chi connectivity index (χ0v) is 8.25. The van der Waals surface area contributed by atoms with Gasteiger partial charge in [0.2, 0.25) is 0 Å². The maximum atomic E-state index is 5.67. The van der Waals surface area contributed by atoms with Crippen molar-refractivity contribution < 1.29 is 9.47 Å². The van der Waals surface area contributed by atoms with Crippen LogP contribution < -0.4 is 0 Å². The Balaban J connectivity index is 2.35. The van der Waals surface area contributed by atoms with Crippen LogP contribution in [-0.4, -0.2) is 24.4 Å². The van der Waals surface area contributed by atoms with Gasteiger partial charge in [-0.2, -0.15) is 0 Å². The number of ether oxygens (including phenoxy) is 2. The standard InChI is InChI=1S/C9H15ClO2/c1-7(2)11-9-5-3-4-8(6-10)12-9/h3,5,7-9H,4,6H2,1-2H3/t8-,9+/m0/s1. The van der Waals surface area contributed by atoms with Crippen LogP contribution in [0.15, 0.2) is 12.2 Å². The minimum atomic E-state index is -0.206. The highest BCUT2D eigenvalue weighted by Crippen LogP contribution is 2.15. The molecule has 0 saturated carbocycles. The zero-order chi connectivity index (χ0) is 8.97. The molecule has 1 heterocycles. The zero-order valence-electron chi connectivity index (χ0n) is 7.50. The lowest BCUT2D eigenvalue weighted by Crippen LogP contribution is -2.29. The summed E-state index contributed by atoms with van der Waals surface area (Å²) in [5.41, 5.74) is 0. The second-order valence-corrected chi connectivity index (χ2v) is 3.44. The van der Waals surface area contributed by atoms with Crippen LogP contribution in [0.1, 0.15) is 20.3 Å². The highest BCUT2D eigenvalue weighted by molar-refractivity contribution is 6.18. The molecule has 0 spiro atoms. The molecule has 0 amide bonds. The van der Waals surface area contributed by atoms with E-state index in [-0.39, 0.29) is 18.5 Å². The number of hydrogen-bond donors (Lipinski definition) is 0. The average Bonchev–Trinajstić information content (AvgIpc) is 2.03. The van der Waals surface area contributed by atoms with Crippen LogP contribution in [0.5, 0.6) is 0 Å². The van der Waals surface area contributed by atoms with Gasteiger partial charge in [-0.15, -0.1) is 11.6 Å². The van der Waals surface area contributed by atoms with Crippen molar-refractivity contribution in [3.8, 4) is 0 Å². The van der Waals surface area contributed by atoms with Gasteiger partial charge in [-0.3, -0.25) is 0 Å². The summed E-state index contributed by atoms with van der Waals surface area (Å²) in [7, 11) is 0. The van der Waals surface area contributed by atoms with Crippen molar-refractivity contribution in [2.75, 3.05) is 5.88 Å². The third-order valence-electron chi connectivity index (χ3n) is 1.60. The van der Waals surface area contributed by atoms with Crippen molar-refractivity contribution >= 4 is 11.6 Å². The van der Waals surface area contributed by atoms with Crippen LogP contribution in [0, 0.1) is 0 Å². The van der Waals surface area contributed by atoms with E-state index >= 15 is 0 Å². The average molecular weight is 191 g/mol. The lowest BCUT2D eigenvalue weighted by Gasteiger charge is -2.25. The molecule has 1 aliphatic heterocycles. The van der Waals surface area contributed by atoms with Gasteiger partial charge >= 0.3 is 0 Å². The van der Waals surface area contributed by atoms with Crippen LogP contribution in [0.3, 0.4) is 0 Å². The van der Waals surface area contributed by atoms with Gasteiger partial charge in [0.05, 0.1) is 12.2 Å². The fourth-order valence-corrected chi connectivity index (χ4v) is 1.28. The van der Waals surface area contributed by atoms with E-state index in [1.807, 2.05) is 19.9 Å². The highest BCUT2D eigenvalue weighted by atomic mass is 35.5. The molecule has 0 saturated heterocycles.